The van der Waals surface area contributed by atoms with Crippen molar-refractivity contribution >= 4 is 22.6 Å². The van der Waals surface area contributed by atoms with E-state index in [1.54, 1.807) is 11.8 Å². The monoisotopic (exact) mass is 432 g/mol. The number of benzene rings is 3. The quantitative estimate of drug-likeness (QED) is 0.580. The molecule has 0 saturated heterocycles. The Kier molecular flexibility index (Phi) is 7.18. The lowest BCUT2D eigenvalue weighted by atomic mass is 10.1. The first kappa shape index (κ1) is 23.3. The highest BCUT2D eigenvalue weighted by Crippen LogP contribution is 2.25. The van der Waals surface area contributed by atoms with Crippen LogP contribution in [0.2, 0.25) is 0 Å². The van der Waals surface area contributed by atoms with Crippen LogP contribution in [0.15, 0.2) is 66.7 Å². The molecule has 0 aliphatic rings. The number of carbonyl (C=O) groups is 2. The van der Waals surface area contributed by atoms with Crippen LogP contribution in [-0.4, -0.2) is 34.9 Å². The Hall–Kier alpha value is -3.34. The predicted molar refractivity (Wildman–Crippen MR) is 129 cm³/mol. The largest absolute Gasteiger partial charge is 0.483 e. The van der Waals surface area contributed by atoms with Crippen LogP contribution < -0.4 is 10.1 Å². The van der Waals surface area contributed by atoms with Crippen molar-refractivity contribution in [3.8, 4) is 5.75 Å². The molecule has 0 aliphatic carbocycles. The van der Waals surface area contributed by atoms with Crippen LogP contribution in [0.25, 0.3) is 10.8 Å². The van der Waals surface area contributed by atoms with Gasteiger partial charge in [0.1, 0.15) is 11.8 Å². The normalized spacial score (nSPS) is 12.3. The molecular weight excluding hydrogens is 400 g/mol. The Balaban J connectivity index is 1.80. The molecule has 1 atom stereocenters. The number of rotatable bonds is 7. The molecule has 5 heteroatoms. The lowest BCUT2D eigenvalue weighted by Gasteiger charge is -2.31. The molecule has 3 aromatic carbocycles. The number of hydrogen-bond acceptors (Lipinski definition) is 3. The second-order valence-corrected chi connectivity index (χ2v) is 9.19. The second kappa shape index (κ2) is 9.86. The van der Waals surface area contributed by atoms with E-state index in [0.29, 0.717) is 12.3 Å². The zero-order valence-electron chi connectivity index (χ0n) is 19.5. The first-order valence-electron chi connectivity index (χ1n) is 10.9. The van der Waals surface area contributed by atoms with Crippen LogP contribution in [0.1, 0.15) is 38.8 Å². The van der Waals surface area contributed by atoms with E-state index in [4.69, 9.17) is 4.74 Å². The molecule has 2 amide bonds. The summed E-state index contributed by atoms with van der Waals surface area (Å²) < 4.78 is 5.93. The van der Waals surface area contributed by atoms with E-state index in [0.717, 1.165) is 21.9 Å². The van der Waals surface area contributed by atoms with Gasteiger partial charge in [-0.05, 0) is 51.6 Å². The Bertz CT molecular complexity index is 1080. The number of nitrogens with zero attached hydrogens (tertiary/aromatic N) is 1. The van der Waals surface area contributed by atoms with Crippen molar-refractivity contribution in [2.75, 3.05) is 6.61 Å². The molecule has 0 saturated carbocycles. The summed E-state index contributed by atoms with van der Waals surface area (Å²) >= 11 is 0. The highest BCUT2D eigenvalue weighted by atomic mass is 16.5. The third-order valence-corrected chi connectivity index (χ3v) is 5.24. The minimum Gasteiger partial charge on any atom is -0.483 e. The number of amides is 2. The van der Waals surface area contributed by atoms with Gasteiger partial charge >= 0.3 is 0 Å². The van der Waals surface area contributed by atoms with Gasteiger partial charge in [0.25, 0.3) is 5.91 Å². The van der Waals surface area contributed by atoms with Crippen LogP contribution in [0.3, 0.4) is 0 Å². The Morgan fingerprint density at radius 1 is 0.969 bits per heavy atom. The van der Waals surface area contributed by atoms with Crippen LogP contribution in [0.5, 0.6) is 5.75 Å². The highest BCUT2D eigenvalue weighted by molar-refractivity contribution is 5.90. The smallest absolute Gasteiger partial charge is 0.261 e. The van der Waals surface area contributed by atoms with Crippen molar-refractivity contribution in [1.82, 2.24) is 10.2 Å². The molecule has 1 unspecified atom stereocenters. The van der Waals surface area contributed by atoms with Crippen molar-refractivity contribution in [3.05, 3.63) is 77.9 Å². The van der Waals surface area contributed by atoms with Gasteiger partial charge in [-0.15, -0.1) is 0 Å². The summed E-state index contributed by atoms with van der Waals surface area (Å²) in [4.78, 5) is 27.7. The van der Waals surface area contributed by atoms with Gasteiger partial charge in [0.15, 0.2) is 6.61 Å². The van der Waals surface area contributed by atoms with E-state index in [2.05, 4.69) is 5.32 Å². The molecule has 0 aromatic heterocycles. The van der Waals surface area contributed by atoms with Crippen molar-refractivity contribution < 1.29 is 14.3 Å². The highest BCUT2D eigenvalue weighted by Gasteiger charge is 2.28. The fourth-order valence-corrected chi connectivity index (χ4v) is 3.49. The second-order valence-electron chi connectivity index (χ2n) is 9.19. The van der Waals surface area contributed by atoms with Gasteiger partial charge in [-0.2, -0.15) is 0 Å². The van der Waals surface area contributed by atoms with Gasteiger partial charge in [-0.25, -0.2) is 0 Å². The molecule has 168 valence electrons. The lowest BCUT2D eigenvalue weighted by Crippen LogP contribution is -2.53. The van der Waals surface area contributed by atoms with Crippen molar-refractivity contribution in [2.24, 2.45) is 0 Å². The molecule has 0 bridgehead atoms. The lowest BCUT2D eigenvalue weighted by molar-refractivity contribution is -0.142. The van der Waals surface area contributed by atoms with Crippen molar-refractivity contribution in [3.63, 3.8) is 0 Å². The van der Waals surface area contributed by atoms with E-state index >= 15 is 0 Å². The Labute approximate surface area is 190 Å². The van der Waals surface area contributed by atoms with E-state index < -0.39 is 6.04 Å². The number of hydrogen-bond donors (Lipinski definition) is 1. The van der Waals surface area contributed by atoms with Crippen LogP contribution in [0.4, 0.5) is 0 Å². The standard InChI is InChI=1S/C27H32N2O3/c1-19-13-15-21(16-14-19)17-29(20(2)26(31)28-27(3,4)5)25(30)18-32-24-12-8-10-22-9-6-7-11-23(22)24/h6-16,20H,17-18H2,1-5H3,(H,28,31). The third kappa shape index (κ3) is 6.10. The van der Waals surface area contributed by atoms with Crippen LogP contribution in [-0.2, 0) is 16.1 Å². The molecule has 3 aromatic rings. The Morgan fingerprint density at radius 3 is 2.31 bits per heavy atom. The number of aryl methyl sites for hydroxylation is 1. The SMILES string of the molecule is Cc1ccc(CN(C(=O)COc2cccc3ccccc23)C(C)C(=O)NC(C)(C)C)cc1. The molecule has 0 heterocycles. The fourth-order valence-electron chi connectivity index (χ4n) is 3.49. The van der Waals surface area contributed by atoms with Crippen molar-refractivity contribution in [1.29, 1.82) is 0 Å². The molecular formula is C27H32N2O3. The summed E-state index contributed by atoms with van der Waals surface area (Å²) in [5.74, 6) is 0.219. The molecule has 5 nitrogen and oxygen atoms in total. The van der Waals surface area contributed by atoms with E-state index in [9.17, 15) is 9.59 Å². The zero-order valence-corrected chi connectivity index (χ0v) is 19.5. The van der Waals surface area contributed by atoms with Crippen molar-refractivity contribution in [2.45, 2.75) is 52.7 Å². The van der Waals surface area contributed by atoms with Crippen LogP contribution in [0, 0.1) is 6.92 Å². The molecule has 3 rings (SSSR count). The summed E-state index contributed by atoms with van der Waals surface area (Å²) in [6.45, 7) is 9.73. The summed E-state index contributed by atoms with van der Waals surface area (Å²) in [6.07, 6.45) is 0. The maximum atomic E-state index is 13.3. The molecule has 0 aliphatic heterocycles. The summed E-state index contributed by atoms with van der Waals surface area (Å²) in [7, 11) is 0. The molecule has 0 spiro atoms. The maximum absolute atomic E-state index is 13.3. The average molecular weight is 433 g/mol. The minimum absolute atomic E-state index is 0.146. The molecule has 0 fully saturated rings. The first-order chi connectivity index (χ1) is 15.1. The fraction of sp³-hybridized carbons (Fsp3) is 0.333. The van der Waals surface area contributed by atoms with E-state index in [1.807, 2.05) is 94.4 Å². The number of carbonyl (C=O) groups excluding carboxylic acids is 2. The summed E-state index contributed by atoms with van der Waals surface area (Å²) in [5.41, 5.74) is 1.72. The molecule has 32 heavy (non-hydrogen) atoms. The van der Waals surface area contributed by atoms with Gasteiger partial charge in [-0.1, -0.05) is 66.2 Å². The predicted octanol–water partition coefficient (Wildman–Crippen LogP) is 4.86. The first-order valence-corrected chi connectivity index (χ1v) is 10.9. The number of ether oxygens (including phenoxy) is 1. The number of nitrogens with one attached hydrogen (secondary N) is 1. The molecule has 1 N–H and O–H groups in total. The minimum atomic E-state index is -0.640. The van der Waals surface area contributed by atoms with Gasteiger partial charge < -0.3 is 15.0 Å². The van der Waals surface area contributed by atoms with Gasteiger partial charge in [0.2, 0.25) is 5.91 Å². The van der Waals surface area contributed by atoms with Gasteiger partial charge in [-0.3, -0.25) is 9.59 Å². The third-order valence-electron chi connectivity index (χ3n) is 5.24. The topological polar surface area (TPSA) is 58.6 Å². The van der Waals surface area contributed by atoms with E-state index in [1.165, 1.54) is 0 Å². The Morgan fingerprint density at radius 2 is 1.62 bits per heavy atom. The van der Waals surface area contributed by atoms with E-state index in [-0.39, 0.29) is 24.0 Å². The van der Waals surface area contributed by atoms with Crippen LogP contribution >= 0.6 is 0 Å². The summed E-state index contributed by atoms with van der Waals surface area (Å²) in [6, 6.07) is 21.0. The van der Waals surface area contributed by atoms with Gasteiger partial charge in [0.05, 0.1) is 0 Å². The maximum Gasteiger partial charge on any atom is 0.261 e. The van der Waals surface area contributed by atoms with Gasteiger partial charge in [0, 0.05) is 17.5 Å². The number of fused-ring (bicyclic) bond motifs is 1. The molecule has 0 radical (unpaired) electrons. The summed E-state index contributed by atoms with van der Waals surface area (Å²) in [5, 5.41) is 4.97. The average Bonchev–Trinajstić information content (AvgIpc) is 2.75. The zero-order chi connectivity index (χ0) is 23.3.